The Morgan fingerprint density at radius 2 is 2.26 bits per heavy atom. The molecule has 4 nitrogen and oxygen atoms in total. The molecule has 0 unspecified atom stereocenters. The van der Waals surface area contributed by atoms with E-state index in [2.05, 4.69) is 17.2 Å². The molecule has 0 saturated carbocycles. The van der Waals surface area contributed by atoms with Crippen LogP contribution in [0.4, 0.5) is 0 Å². The van der Waals surface area contributed by atoms with Crippen LogP contribution in [0.2, 0.25) is 0 Å². The predicted molar refractivity (Wildman–Crippen MR) is 76.6 cm³/mol. The van der Waals surface area contributed by atoms with Gasteiger partial charge in [0.05, 0.1) is 10.4 Å². The van der Waals surface area contributed by atoms with Crippen LogP contribution in [0.1, 0.15) is 28.1 Å². The van der Waals surface area contributed by atoms with Gasteiger partial charge in [-0.05, 0) is 18.9 Å². The topological polar surface area (TPSA) is 66.4 Å². The van der Waals surface area contributed by atoms with E-state index in [1.807, 2.05) is 0 Å². The fourth-order valence-corrected chi connectivity index (χ4v) is 3.91. The highest BCUT2D eigenvalue weighted by atomic mass is 32.2. The van der Waals surface area contributed by atoms with Crippen LogP contribution in [-0.4, -0.2) is 39.4 Å². The maximum Gasteiger partial charge on any atom is 0.252 e. The van der Waals surface area contributed by atoms with Gasteiger partial charge in [-0.3, -0.25) is 9.00 Å². The normalized spacial score (nSPS) is 22.4. The number of nitrogens with one attached hydrogen (secondary N) is 1. The van der Waals surface area contributed by atoms with Gasteiger partial charge in [0.25, 0.3) is 5.91 Å². The summed E-state index contributed by atoms with van der Waals surface area (Å²) in [6.45, 7) is -0.182. The first-order chi connectivity index (χ1) is 9.19. The van der Waals surface area contributed by atoms with E-state index in [0.717, 1.165) is 17.7 Å². The summed E-state index contributed by atoms with van der Waals surface area (Å²) in [5.41, 5.74) is 0.596. The van der Waals surface area contributed by atoms with Crippen LogP contribution in [-0.2, 0) is 10.8 Å². The fourth-order valence-electron chi connectivity index (χ4n) is 1.85. The number of hydrogen-bond acceptors (Lipinski definition) is 4. The van der Waals surface area contributed by atoms with Gasteiger partial charge in [-0.25, -0.2) is 0 Å². The SMILES string of the molecule is O=C(NC1CCS(=O)CC1)c1csc(C#CCO)c1. The number of rotatable bonds is 2. The van der Waals surface area contributed by atoms with E-state index in [9.17, 15) is 9.00 Å². The average molecular weight is 297 g/mol. The number of carbonyl (C=O) groups excluding carboxylic acids is 1. The van der Waals surface area contributed by atoms with Gasteiger partial charge in [0.2, 0.25) is 0 Å². The summed E-state index contributed by atoms with van der Waals surface area (Å²) in [5, 5.41) is 13.3. The van der Waals surface area contributed by atoms with Crippen molar-refractivity contribution in [3.8, 4) is 11.8 Å². The van der Waals surface area contributed by atoms with Gasteiger partial charge in [-0.15, -0.1) is 11.3 Å². The summed E-state index contributed by atoms with van der Waals surface area (Å²) in [4.78, 5) is 12.8. The summed E-state index contributed by atoms with van der Waals surface area (Å²) < 4.78 is 11.2. The molecule has 2 rings (SSSR count). The van der Waals surface area contributed by atoms with Crippen molar-refractivity contribution in [1.82, 2.24) is 5.32 Å². The molecule has 0 atom stereocenters. The molecular formula is C13H15NO3S2. The van der Waals surface area contributed by atoms with E-state index in [1.165, 1.54) is 11.3 Å². The van der Waals surface area contributed by atoms with Crippen molar-refractivity contribution in [3.05, 3.63) is 21.9 Å². The first-order valence-electron chi connectivity index (χ1n) is 6.03. The zero-order valence-electron chi connectivity index (χ0n) is 10.3. The molecule has 0 spiro atoms. The molecule has 1 aliphatic heterocycles. The first kappa shape index (κ1) is 14.3. The molecule has 2 heterocycles. The Balaban J connectivity index is 1.92. The summed E-state index contributed by atoms with van der Waals surface area (Å²) >= 11 is 1.39. The van der Waals surface area contributed by atoms with Gasteiger partial charge in [-0.1, -0.05) is 11.8 Å². The van der Waals surface area contributed by atoms with Crippen molar-refractivity contribution in [2.45, 2.75) is 18.9 Å². The number of aliphatic hydroxyl groups excluding tert-OH is 1. The molecule has 0 aromatic carbocycles. The number of aliphatic hydroxyl groups is 1. The minimum atomic E-state index is -0.711. The van der Waals surface area contributed by atoms with Gasteiger partial charge in [0.1, 0.15) is 6.61 Å². The molecule has 6 heteroatoms. The molecule has 1 amide bonds. The van der Waals surface area contributed by atoms with Crippen molar-refractivity contribution >= 4 is 28.0 Å². The van der Waals surface area contributed by atoms with E-state index in [-0.39, 0.29) is 18.6 Å². The predicted octanol–water partition coefficient (Wildman–Crippen LogP) is 0.733. The van der Waals surface area contributed by atoms with Crippen LogP contribution < -0.4 is 5.32 Å². The summed E-state index contributed by atoms with van der Waals surface area (Å²) in [5.74, 6) is 6.56. The Kier molecular flexibility index (Phi) is 5.14. The van der Waals surface area contributed by atoms with Crippen molar-refractivity contribution < 1.29 is 14.1 Å². The van der Waals surface area contributed by atoms with E-state index in [1.54, 1.807) is 11.4 Å². The van der Waals surface area contributed by atoms with Gasteiger partial charge in [0, 0.05) is 33.7 Å². The molecule has 0 bridgehead atoms. The summed E-state index contributed by atoms with van der Waals surface area (Å²) in [6, 6.07) is 1.85. The first-order valence-corrected chi connectivity index (χ1v) is 8.40. The minimum absolute atomic E-state index is 0.106. The zero-order chi connectivity index (χ0) is 13.7. The Labute approximate surface area is 118 Å². The third kappa shape index (κ3) is 4.16. The largest absolute Gasteiger partial charge is 0.384 e. The second-order valence-electron chi connectivity index (χ2n) is 4.26. The highest BCUT2D eigenvalue weighted by Gasteiger charge is 2.20. The molecule has 1 aromatic rings. The lowest BCUT2D eigenvalue weighted by Gasteiger charge is -2.22. The van der Waals surface area contributed by atoms with Gasteiger partial charge in [0.15, 0.2) is 0 Å². The third-order valence-corrected chi connectivity index (χ3v) is 5.10. The van der Waals surface area contributed by atoms with Crippen LogP contribution in [0.3, 0.4) is 0 Å². The van der Waals surface area contributed by atoms with E-state index in [4.69, 9.17) is 5.11 Å². The Morgan fingerprint density at radius 1 is 1.53 bits per heavy atom. The lowest BCUT2D eigenvalue weighted by atomic mass is 10.1. The molecule has 19 heavy (non-hydrogen) atoms. The molecule has 2 N–H and O–H groups in total. The Morgan fingerprint density at radius 3 is 2.95 bits per heavy atom. The lowest BCUT2D eigenvalue weighted by Crippen LogP contribution is -2.39. The molecular weight excluding hydrogens is 282 g/mol. The zero-order valence-corrected chi connectivity index (χ0v) is 12.0. The van der Waals surface area contributed by atoms with Crippen LogP contribution in [0.15, 0.2) is 11.4 Å². The average Bonchev–Trinajstić information content (AvgIpc) is 2.88. The van der Waals surface area contributed by atoms with Gasteiger partial charge < -0.3 is 10.4 Å². The van der Waals surface area contributed by atoms with Crippen LogP contribution >= 0.6 is 11.3 Å². The molecule has 0 radical (unpaired) electrons. The lowest BCUT2D eigenvalue weighted by molar-refractivity contribution is 0.0935. The van der Waals surface area contributed by atoms with Crippen LogP contribution in [0, 0.1) is 11.8 Å². The molecule has 102 valence electrons. The van der Waals surface area contributed by atoms with Gasteiger partial charge >= 0.3 is 0 Å². The smallest absolute Gasteiger partial charge is 0.252 e. The molecule has 1 aliphatic rings. The number of hydrogen-bond donors (Lipinski definition) is 2. The van der Waals surface area contributed by atoms with E-state index >= 15 is 0 Å². The fraction of sp³-hybridized carbons (Fsp3) is 0.462. The number of carbonyl (C=O) groups is 1. The highest BCUT2D eigenvalue weighted by Crippen LogP contribution is 2.15. The van der Waals surface area contributed by atoms with Gasteiger partial charge in [-0.2, -0.15) is 0 Å². The van der Waals surface area contributed by atoms with Crippen molar-refractivity contribution in [1.29, 1.82) is 0 Å². The van der Waals surface area contributed by atoms with Crippen molar-refractivity contribution in [2.24, 2.45) is 0 Å². The van der Waals surface area contributed by atoms with Crippen molar-refractivity contribution in [2.75, 3.05) is 18.1 Å². The van der Waals surface area contributed by atoms with Crippen LogP contribution in [0.5, 0.6) is 0 Å². The standard InChI is InChI=1S/C13H15NO3S2/c15-5-1-2-12-8-10(9-18-12)13(16)14-11-3-6-19(17)7-4-11/h8-9,11,15H,3-7H2,(H,14,16). The quantitative estimate of drug-likeness (QED) is 0.791. The van der Waals surface area contributed by atoms with E-state index < -0.39 is 10.8 Å². The summed E-state index contributed by atoms with van der Waals surface area (Å²) in [6.07, 6.45) is 1.55. The van der Waals surface area contributed by atoms with E-state index in [0.29, 0.717) is 17.1 Å². The molecule has 1 fully saturated rings. The third-order valence-electron chi connectivity index (χ3n) is 2.88. The second kappa shape index (κ2) is 6.85. The Hall–Kier alpha value is -1.16. The number of thiophene rings is 1. The van der Waals surface area contributed by atoms with Crippen LogP contribution in [0.25, 0.3) is 0 Å². The maximum absolute atomic E-state index is 12.0. The molecule has 1 saturated heterocycles. The van der Waals surface area contributed by atoms with Crippen molar-refractivity contribution in [3.63, 3.8) is 0 Å². The maximum atomic E-state index is 12.0. The second-order valence-corrected chi connectivity index (χ2v) is 6.86. The monoisotopic (exact) mass is 297 g/mol. The number of amides is 1. The molecule has 1 aromatic heterocycles. The molecule has 0 aliphatic carbocycles. The summed E-state index contributed by atoms with van der Waals surface area (Å²) in [7, 11) is -0.711. The highest BCUT2D eigenvalue weighted by molar-refractivity contribution is 7.85. The Bertz CT molecular complexity index is 532. The minimum Gasteiger partial charge on any atom is -0.384 e.